The van der Waals surface area contributed by atoms with Crippen LogP contribution in [0.2, 0.25) is 0 Å². The molecular formula is C24H29NO4. The topological polar surface area (TPSA) is 55.8 Å². The second-order valence-corrected chi connectivity index (χ2v) is 7.44. The second kappa shape index (κ2) is 9.12. The minimum absolute atomic E-state index is 0.00904. The van der Waals surface area contributed by atoms with Gasteiger partial charge >= 0.3 is 12.1 Å². The highest BCUT2D eigenvalue weighted by molar-refractivity contribution is 5.82. The van der Waals surface area contributed by atoms with Crippen molar-refractivity contribution in [2.45, 2.75) is 39.2 Å². The SMILES string of the molecule is CC[C@H](C)[C@@H](C(=O)OC)N(CC)C(=O)OCC1c2ccccc2-c2ccccc21. The van der Waals surface area contributed by atoms with Crippen LogP contribution in [0.5, 0.6) is 0 Å². The van der Waals surface area contributed by atoms with Gasteiger partial charge in [-0.3, -0.25) is 4.90 Å². The number of esters is 1. The van der Waals surface area contributed by atoms with E-state index in [0.717, 1.165) is 17.5 Å². The van der Waals surface area contributed by atoms with Crippen LogP contribution in [0.1, 0.15) is 44.2 Å². The van der Waals surface area contributed by atoms with Gasteiger partial charge in [0.1, 0.15) is 12.6 Å². The third-order valence-corrected chi connectivity index (χ3v) is 5.87. The van der Waals surface area contributed by atoms with Gasteiger partial charge in [-0.15, -0.1) is 0 Å². The van der Waals surface area contributed by atoms with Gasteiger partial charge in [0.25, 0.3) is 0 Å². The van der Waals surface area contributed by atoms with E-state index in [4.69, 9.17) is 9.47 Å². The standard InChI is InChI=1S/C24H29NO4/c1-5-16(3)22(23(26)28-4)25(6-2)24(27)29-15-21-19-13-9-7-11-17(19)18-12-8-10-14-20(18)21/h7-14,16,21-22H,5-6,15H2,1-4H3/t16-,22-/m0/s1. The molecule has 0 radical (unpaired) electrons. The summed E-state index contributed by atoms with van der Waals surface area (Å²) in [6.45, 7) is 6.39. The van der Waals surface area contributed by atoms with Crippen molar-refractivity contribution >= 4 is 12.1 Å². The summed E-state index contributed by atoms with van der Waals surface area (Å²) in [6, 6.07) is 15.8. The van der Waals surface area contributed by atoms with Crippen LogP contribution in [0.3, 0.4) is 0 Å². The van der Waals surface area contributed by atoms with Crippen LogP contribution in [0.15, 0.2) is 48.5 Å². The summed E-state index contributed by atoms with van der Waals surface area (Å²) in [5.41, 5.74) is 4.69. The predicted octanol–water partition coefficient (Wildman–Crippen LogP) is 4.85. The van der Waals surface area contributed by atoms with Crippen LogP contribution < -0.4 is 0 Å². The van der Waals surface area contributed by atoms with E-state index in [9.17, 15) is 9.59 Å². The lowest BCUT2D eigenvalue weighted by Crippen LogP contribution is -2.49. The number of carbonyl (C=O) groups excluding carboxylic acids is 2. The minimum atomic E-state index is -0.648. The molecule has 1 aliphatic rings. The van der Waals surface area contributed by atoms with Crippen molar-refractivity contribution in [2.24, 2.45) is 5.92 Å². The number of benzene rings is 2. The fourth-order valence-corrected chi connectivity index (χ4v) is 4.13. The number of ether oxygens (including phenoxy) is 2. The van der Waals surface area contributed by atoms with E-state index in [0.29, 0.717) is 6.54 Å². The van der Waals surface area contributed by atoms with E-state index in [-0.39, 0.29) is 18.4 Å². The molecule has 0 aromatic heterocycles. The molecule has 1 amide bonds. The Morgan fingerprint density at radius 2 is 1.55 bits per heavy atom. The number of methoxy groups -OCH3 is 1. The van der Waals surface area contributed by atoms with Crippen LogP contribution in [-0.2, 0) is 14.3 Å². The lowest BCUT2D eigenvalue weighted by atomic mass is 9.97. The van der Waals surface area contributed by atoms with Crippen LogP contribution in [0.25, 0.3) is 11.1 Å². The van der Waals surface area contributed by atoms with E-state index in [1.54, 1.807) is 0 Å². The summed E-state index contributed by atoms with van der Waals surface area (Å²) in [6.07, 6.45) is 0.275. The molecule has 0 saturated carbocycles. The molecule has 3 rings (SSSR count). The average Bonchev–Trinajstić information content (AvgIpc) is 3.08. The van der Waals surface area contributed by atoms with Crippen LogP contribution >= 0.6 is 0 Å². The number of fused-ring (bicyclic) bond motifs is 3. The summed E-state index contributed by atoms with van der Waals surface area (Å²) in [7, 11) is 1.35. The second-order valence-electron chi connectivity index (χ2n) is 7.44. The van der Waals surface area contributed by atoms with Crippen molar-refractivity contribution in [3.8, 4) is 11.1 Å². The van der Waals surface area contributed by atoms with E-state index in [2.05, 4.69) is 24.3 Å². The molecule has 0 N–H and O–H groups in total. The first-order valence-corrected chi connectivity index (χ1v) is 10.2. The zero-order chi connectivity index (χ0) is 21.0. The highest BCUT2D eigenvalue weighted by Crippen LogP contribution is 2.44. The summed E-state index contributed by atoms with van der Waals surface area (Å²) >= 11 is 0. The van der Waals surface area contributed by atoms with E-state index in [1.807, 2.05) is 45.0 Å². The maximum Gasteiger partial charge on any atom is 0.410 e. The highest BCUT2D eigenvalue weighted by Gasteiger charge is 2.36. The van der Waals surface area contributed by atoms with Gasteiger partial charge in [0.05, 0.1) is 7.11 Å². The number of rotatable bonds is 7. The third-order valence-electron chi connectivity index (χ3n) is 5.87. The molecule has 0 aliphatic heterocycles. The van der Waals surface area contributed by atoms with Crippen molar-refractivity contribution in [3.63, 3.8) is 0 Å². The normalized spacial score (nSPS) is 14.5. The lowest BCUT2D eigenvalue weighted by Gasteiger charge is -2.32. The molecule has 2 aromatic carbocycles. The largest absolute Gasteiger partial charge is 0.467 e. The summed E-state index contributed by atoms with van der Waals surface area (Å²) in [4.78, 5) is 26.7. The smallest absolute Gasteiger partial charge is 0.410 e. The monoisotopic (exact) mass is 395 g/mol. The number of hydrogen-bond donors (Lipinski definition) is 0. The molecule has 0 saturated heterocycles. The first-order chi connectivity index (χ1) is 14.0. The van der Waals surface area contributed by atoms with Crippen molar-refractivity contribution in [1.29, 1.82) is 0 Å². The Hall–Kier alpha value is -2.82. The van der Waals surface area contributed by atoms with Crippen LogP contribution in [0.4, 0.5) is 4.79 Å². The maximum atomic E-state index is 12.9. The Labute approximate surface area is 172 Å². The van der Waals surface area contributed by atoms with Crippen molar-refractivity contribution < 1.29 is 19.1 Å². The molecule has 5 nitrogen and oxygen atoms in total. The molecular weight excluding hydrogens is 366 g/mol. The van der Waals surface area contributed by atoms with Gasteiger partial charge in [0, 0.05) is 12.5 Å². The lowest BCUT2D eigenvalue weighted by molar-refractivity contribution is -0.148. The third kappa shape index (κ3) is 4.00. The molecule has 29 heavy (non-hydrogen) atoms. The number of likely N-dealkylation sites (N-methyl/N-ethyl adjacent to an activating group) is 1. The van der Waals surface area contributed by atoms with E-state index in [1.165, 1.54) is 23.1 Å². The van der Waals surface area contributed by atoms with Crippen LogP contribution in [-0.4, -0.2) is 43.3 Å². The first kappa shape index (κ1) is 20.9. The van der Waals surface area contributed by atoms with Gasteiger partial charge in [0.15, 0.2) is 0 Å². The molecule has 0 heterocycles. The molecule has 2 atom stereocenters. The van der Waals surface area contributed by atoms with E-state index >= 15 is 0 Å². The average molecular weight is 395 g/mol. The van der Waals surface area contributed by atoms with Gasteiger partial charge in [-0.1, -0.05) is 68.8 Å². The summed E-state index contributed by atoms with van der Waals surface area (Å²) < 4.78 is 10.7. The van der Waals surface area contributed by atoms with Gasteiger partial charge in [-0.05, 0) is 35.1 Å². The van der Waals surface area contributed by atoms with Crippen LogP contribution in [0, 0.1) is 5.92 Å². The maximum absolute atomic E-state index is 12.9. The zero-order valence-corrected chi connectivity index (χ0v) is 17.6. The molecule has 0 unspecified atom stereocenters. The van der Waals surface area contributed by atoms with Gasteiger partial charge in [-0.2, -0.15) is 0 Å². The number of amides is 1. The number of hydrogen-bond acceptors (Lipinski definition) is 4. The molecule has 5 heteroatoms. The number of carbonyl (C=O) groups is 2. The predicted molar refractivity (Wildman–Crippen MR) is 113 cm³/mol. The summed E-state index contributed by atoms with van der Waals surface area (Å²) in [5.74, 6) is -0.442. The fraction of sp³-hybridized carbons (Fsp3) is 0.417. The van der Waals surface area contributed by atoms with Crippen molar-refractivity contribution in [1.82, 2.24) is 4.90 Å². The molecule has 0 fully saturated rings. The first-order valence-electron chi connectivity index (χ1n) is 10.2. The van der Waals surface area contributed by atoms with E-state index < -0.39 is 18.1 Å². The molecule has 1 aliphatic carbocycles. The highest BCUT2D eigenvalue weighted by atomic mass is 16.6. The minimum Gasteiger partial charge on any atom is -0.467 e. The summed E-state index contributed by atoms with van der Waals surface area (Å²) in [5, 5.41) is 0. The number of nitrogens with zero attached hydrogens (tertiary/aromatic N) is 1. The molecule has 0 bridgehead atoms. The van der Waals surface area contributed by atoms with Gasteiger partial charge in [0.2, 0.25) is 0 Å². The zero-order valence-electron chi connectivity index (χ0n) is 17.6. The quantitative estimate of drug-likeness (QED) is 0.629. The molecule has 0 spiro atoms. The Morgan fingerprint density at radius 3 is 2.03 bits per heavy atom. The Kier molecular flexibility index (Phi) is 6.57. The Morgan fingerprint density at radius 1 is 1.00 bits per heavy atom. The Bertz CT molecular complexity index is 833. The Balaban J connectivity index is 1.80. The molecule has 2 aromatic rings. The molecule has 154 valence electrons. The van der Waals surface area contributed by atoms with Gasteiger partial charge < -0.3 is 9.47 Å². The fourth-order valence-electron chi connectivity index (χ4n) is 4.13. The van der Waals surface area contributed by atoms with Crippen molar-refractivity contribution in [3.05, 3.63) is 59.7 Å². The van der Waals surface area contributed by atoms with Crippen molar-refractivity contribution in [2.75, 3.05) is 20.3 Å². The van der Waals surface area contributed by atoms with Gasteiger partial charge in [-0.25, -0.2) is 9.59 Å².